The first-order valence-electron chi connectivity index (χ1n) is 41.8. The minimum atomic E-state index is -1.98. The molecule has 3 aliphatic heterocycles. The maximum absolute atomic E-state index is 13.5. The molecule has 0 aliphatic carbocycles. The molecule has 0 saturated carbocycles. The van der Waals surface area contributed by atoms with Gasteiger partial charge in [0.05, 0.1) is 38.6 Å². The summed E-state index contributed by atoms with van der Waals surface area (Å²) in [5.41, 5.74) is 0. The Bertz CT molecular complexity index is 2210. The van der Waals surface area contributed by atoms with Crippen LogP contribution in [0.3, 0.4) is 0 Å². The van der Waals surface area contributed by atoms with E-state index in [4.69, 9.17) is 28.4 Å². The fourth-order valence-corrected chi connectivity index (χ4v) is 13.8. The van der Waals surface area contributed by atoms with E-state index in [9.17, 15) is 61.0 Å². The van der Waals surface area contributed by atoms with Gasteiger partial charge in [0.15, 0.2) is 18.9 Å². The van der Waals surface area contributed by atoms with Crippen LogP contribution in [0.25, 0.3) is 0 Å². The normalized spacial score (nSPS) is 26.3. The van der Waals surface area contributed by atoms with Crippen molar-refractivity contribution in [3.05, 3.63) is 85.1 Å². The highest BCUT2D eigenvalue weighted by Gasteiger charge is 2.54. The van der Waals surface area contributed by atoms with Crippen molar-refractivity contribution in [3.63, 3.8) is 0 Å². The van der Waals surface area contributed by atoms with E-state index in [1.54, 1.807) is 6.08 Å². The molecule has 0 aromatic heterocycles. The Hall–Kier alpha value is -3.03. The molecule has 12 N–H and O–H groups in total. The molecule has 0 bridgehead atoms. The fraction of sp³-hybridized carbons (Fsp3) is 0.824. The summed E-state index contributed by atoms with van der Waals surface area (Å²) < 4.78 is 34.5. The number of nitrogens with one attached hydrogen (secondary N) is 1. The summed E-state index contributed by atoms with van der Waals surface area (Å²) in [6, 6.07) is -0.977. The van der Waals surface area contributed by atoms with Gasteiger partial charge in [0.1, 0.15) is 73.2 Å². The van der Waals surface area contributed by atoms with E-state index in [1.165, 1.54) is 205 Å². The summed E-state index contributed by atoms with van der Waals surface area (Å²) in [6.45, 7) is 1.66. The van der Waals surface area contributed by atoms with Crippen LogP contribution in [0.4, 0.5) is 0 Å². The maximum Gasteiger partial charge on any atom is 0.220 e. The van der Waals surface area contributed by atoms with Crippen LogP contribution in [0.15, 0.2) is 85.1 Å². The number of unbranched alkanes of at least 4 members (excludes halogenated alkanes) is 38. The molecule has 17 atom stereocenters. The molecule has 19 heteroatoms. The lowest BCUT2D eigenvalue weighted by molar-refractivity contribution is -0.379. The molecule has 3 aliphatic rings. The van der Waals surface area contributed by atoms with Crippen molar-refractivity contribution in [2.75, 3.05) is 26.4 Å². The van der Waals surface area contributed by atoms with Gasteiger partial charge in [-0.2, -0.15) is 0 Å². The summed E-state index contributed by atoms with van der Waals surface area (Å²) in [4.78, 5) is 13.5. The topological polar surface area (TPSA) is 307 Å². The predicted octanol–water partition coefficient (Wildman–Crippen LogP) is 14.6. The number of amides is 1. The van der Waals surface area contributed by atoms with Gasteiger partial charge in [0.25, 0.3) is 0 Å². The number of aliphatic hydroxyl groups is 11. The van der Waals surface area contributed by atoms with Crippen LogP contribution in [-0.4, -0.2) is 193 Å². The van der Waals surface area contributed by atoms with Crippen molar-refractivity contribution in [1.29, 1.82) is 0 Å². The second-order valence-electron chi connectivity index (χ2n) is 29.6. The molecule has 3 heterocycles. The Balaban J connectivity index is 1.33. The molecule has 3 fully saturated rings. The molecule has 3 rings (SSSR count). The van der Waals surface area contributed by atoms with Crippen molar-refractivity contribution in [1.82, 2.24) is 5.32 Å². The zero-order valence-corrected chi connectivity index (χ0v) is 64.7. The number of hydrogen-bond donors (Lipinski definition) is 12. The lowest BCUT2D eigenvalue weighted by Crippen LogP contribution is -2.66. The van der Waals surface area contributed by atoms with E-state index in [1.807, 2.05) is 6.08 Å². The second kappa shape index (κ2) is 64.8. The van der Waals surface area contributed by atoms with Crippen LogP contribution in [0, 0.1) is 0 Å². The number of carbonyl (C=O) groups is 1. The summed E-state index contributed by atoms with van der Waals surface area (Å²) >= 11 is 0. The quantitative estimate of drug-likeness (QED) is 0.0199. The molecule has 104 heavy (non-hydrogen) atoms. The average molecular weight is 1480 g/mol. The van der Waals surface area contributed by atoms with Crippen LogP contribution < -0.4 is 5.32 Å². The second-order valence-corrected chi connectivity index (χ2v) is 29.6. The van der Waals surface area contributed by atoms with Crippen LogP contribution in [0.1, 0.15) is 316 Å². The number of allylic oxidation sites excluding steroid dienone is 13. The smallest absolute Gasteiger partial charge is 0.220 e. The van der Waals surface area contributed by atoms with E-state index >= 15 is 0 Å². The lowest BCUT2D eigenvalue weighted by atomic mass is 9.96. The Morgan fingerprint density at radius 2 is 0.663 bits per heavy atom. The van der Waals surface area contributed by atoms with Gasteiger partial charge < -0.3 is 89.9 Å². The molecule has 0 radical (unpaired) electrons. The van der Waals surface area contributed by atoms with Crippen molar-refractivity contribution in [3.8, 4) is 0 Å². The van der Waals surface area contributed by atoms with Crippen molar-refractivity contribution in [2.24, 2.45) is 0 Å². The van der Waals surface area contributed by atoms with Crippen molar-refractivity contribution < 1.29 is 89.4 Å². The standard InChI is InChI=1S/C85H151NO18/c1-3-5-7-9-11-13-15-17-19-21-23-25-27-28-29-30-31-32-33-34-35-36-37-38-39-40-41-43-45-47-49-51-53-55-57-59-61-63-73(91)86-68(69(90)62-60-58-56-54-52-50-48-46-44-42-26-24-22-20-18-16-14-12-10-8-6-4-2)67-99-83-79(97)76(94)81(71(65-88)101-83)104-85-80(98)77(95)82(72(66-89)102-85)103-84-78(96)75(93)74(92)70(64-87)100-84/h5,7,11,13,17,19,23,25,28-29,31-32,60,62,68-72,74-85,87-90,92-98H,3-4,6,8-10,12,14-16,18,20-22,24,26-27,30,33-59,61,63-67H2,1-2H3,(H,86,91)/b7-5-,13-11-,19-17-,25-23-,29-28-,32-31-,62-60+. The molecule has 3 saturated heterocycles. The third kappa shape index (κ3) is 44.0. The Kier molecular flexibility index (Phi) is 59.3. The Labute approximate surface area is 629 Å². The number of ether oxygens (including phenoxy) is 6. The zero-order chi connectivity index (χ0) is 75.3. The summed E-state index contributed by atoms with van der Waals surface area (Å²) in [7, 11) is 0. The Morgan fingerprint density at radius 1 is 0.356 bits per heavy atom. The van der Waals surface area contributed by atoms with Crippen LogP contribution >= 0.6 is 0 Å². The number of rotatable bonds is 66. The fourth-order valence-electron chi connectivity index (χ4n) is 13.8. The Morgan fingerprint density at radius 3 is 1.04 bits per heavy atom. The molecule has 0 aromatic rings. The zero-order valence-electron chi connectivity index (χ0n) is 64.7. The number of hydrogen-bond acceptors (Lipinski definition) is 18. The molecular formula is C85H151NO18. The third-order valence-corrected chi connectivity index (χ3v) is 20.4. The summed E-state index contributed by atoms with van der Waals surface area (Å²) in [6.07, 6.45) is 60.0. The number of aliphatic hydroxyl groups excluding tert-OH is 11. The van der Waals surface area contributed by atoms with E-state index in [0.717, 1.165) is 83.5 Å². The largest absolute Gasteiger partial charge is 0.394 e. The highest BCUT2D eigenvalue weighted by molar-refractivity contribution is 5.76. The van der Waals surface area contributed by atoms with E-state index in [0.29, 0.717) is 6.42 Å². The predicted molar refractivity (Wildman–Crippen MR) is 415 cm³/mol. The van der Waals surface area contributed by atoms with E-state index in [-0.39, 0.29) is 18.9 Å². The van der Waals surface area contributed by atoms with Gasteiger partial charge in [-0.15, -0.1) is 0 Å². The first kappa shape index (κ1) is 95.2. The van der Waals surface area contributed by atoms with Crippen LogP contribution in [-0.2, 0) is 33.2 Å². The van der Waals surface area contributed by atoms with Gasteiger partial charge in [-0.3, -0.25) is 4.79 Å². The van der Waals surface area contributed by atoms with Crippen molar-refractivity contribution in [2.45, 2.75) is 420 Å². The SMILES string of the molecule is CC/C=C\C/C=C\C/C=C\C/C=C\C/C=C\C/C=C\CCCCCCCCCCCCCCCCCCCCC(=O)NC(COC1OC(CO)C(OC2OC(CO)C(OC3OC(CO)C(O)C(O)C3O)C(O)C2O)C(O)C1O)C(O)/C=C/CCCCCCCCCCCCCCCCCCCCCC. The first-order valence-corrected chi connectivity index (χ1v) is 41.8. The monoisotopic (exact) mass is 1470 g/mol. The molecule has 17 unspecified atom stereocenters. The minimum absolute atomic E-state index is 0.243. The van der Waals surface area contributed by atoms with Gasteiger partial charge in [0.2, 0.25) is 5.91 Å². The van der Waals surface area contributed by atoms with Gasteiger partial charge in [0, 0.05) is 6.42 Å². The van der Waals surface area contributed by atoms with Gasteiger partial charge in [-0.25, -0.2) is 0 Å². The van der Waals surface area contributed by atoms with Crippen LogP contribution in [0.2, 0.25) is 0 Å². The summed E-state index contributed by atoms with van der Waals surface area (Å²) in [5.74, 6) is -0.273. The number of carbonyl (C=O) groups excluding carboxylic acids is 1. The first-order chi connectivity index (χ1) is 50.8. The van der Waals surface area contributed by atoms with Crippen LogP contribution in [0.5, 0.6) is 0 Å². The molecule has 0 aromatic carbocycles. The lowest BCUT2D eigenvalue weighted by Gasteiger charge is -2.48. The highest BCUT2D eigenvalue weighted by atomic mass is 16.8. The van der Waals surface area contributed by atoms with E-state index < -0.39 is 124 Å². The average Bonchev–Trinajstić information content (AvgIpc) is 0.783. The molecule has 1 amide bonds. The molecule has 604 valence electrons. The van der Waals surface area contributed by atoms with Gasteiger partial charge in [-0.1, -0.05) is 324 Å². The van der Waals surface area contributed by atoms with Crippen molar-refractivity contribution >= 4 is 5.91 Å². The maximum atomic E-state index is 13.5. The molecule has 19 nitrogen and oxygen atoms in total. The summed E-state index contributed by atoms with van der Waals surface area (Å²) in [5, 5.41) is 121. The molecule has 0 spiro atoms. The van der Waals surface area contributed by atoms with Gasteiger partial charge in [-0.05, 0) is 70.6 Å². The van der Waals surface area contributed by atoms with E-state index in [2.05, 4.69) is 92.1 Å². The minimum Gasteiger partial charge on any atom is -0.394 e. The molecular weight excluding hydrogens is 1320 g/mol. The third-order valence-electron chi connectivity index (χ3n) is 20.4. The van der Waals surface area contributed by atoms with Gasteiger partial charge >= 0.3 is 0 Å². The highest BCUT2D eigenvalue weighted by Crippen LogP contribution is 2.33.